The van der Waals surface area contributed by atoms with Gasteiger partial charge in [-0.3, -0.25) is 4.99 Å². The minimum absolute atomic E-state index is 0. The van der Waals surface area contributed by atoms with E-state index in [0.29, 0.717) is 12.1 Å². The van der Waals surface area contributed by atoms with Gasteiger partial charge in [-0.25, -0.2) is 4.98 Å². The Morgan fingerprint density at radius 3 is 2.59 bits per heavy atom. The lowest BCUT2D eigenvalue weighted by Gasteiger charge is -2.35. The summed E-state index contributed by atoms with van der Waals surface area (Å²) in [6, 6.07) is 1.18. The largest absolute Gasteiger partial charge is 0.356 e. The molecule has 3 heterocycles. The van der Waals surface area contributed by atoms with Gasteiger partial charge in [-0.15, -0.1) is 35.3 Å². The molecule has 8 heteroatoms. The third-order valence-electron chi connectivity index (χ3n) is 5.41. The number of nitrogens with one attached hydrogen (secondary N) is 2. The summed E-state index contributed by atoms with van der Waals surface area (Å²) in [4.78, 5) is 14.1. The van der Waals surface area contributed by atoms with Crippen LogP contribution in [-0.2, 0) is 6.42 Å². The fourth-order valence-corrected chi connectivity index (χ4v) is 4.64. The molecule has 154 valence electrons. The van der Waals surface area contributed by atoms with Crippen LogP contribution in [0.1, 0.15) is 45.2 Å². The molecule has 0 radical (unpaired) electrons. The molecule has 2 fully saturated rings. The van der Waals surface area contributed by atoms with E-state index >= 15 is 0 Å². The highest BCUT2D eigenvalue weighted by Gasteiger charge is 2.21. The first-order chi connectivity index (χ1) is 12.7. The van der Waals surface area contributed by atoms with Gasteiger partial charge in [0, 0.05) is 63.7 Å². The summed E-state index contributed by atoms with van der Waals surface area (Å²) in [6.07, 6.45) is 5.91. The van der Waals surface area contributed by atoms with Crippen LogP contribution in [0.2, 0.25) is 0 Å². The molecule has 2 aliphatic rings. The van der Waals surface area contributed by atoms with Gasteiger partial charge in [0.25, 0.3) is 0 Å². The van der Waals surface area contributed by atoms with Crippen LogP contribution in [-0.4, -0.2) is 67.7 Å². The summed E-state index contributed by atoms with van der Waals surface area (Å²) in [5.41, 5.74) is 1.19. The topological polar surface area (TPSA) is 55.8 Å². The first-order valence-electron chi connectivity index (χ1n) is 10.1. The molecule has 0 amide bonds. The zero-order valence-corrected chi connectivity index (χ0v) is 20.1. The SMILES string of the molecule is CN=C(NCCc1csc(N2CCCC2)n1)NC1CCN(C(C)C)CC1.I. The second kappa shape index (κ2) is 11.4. The van der Waals surface area contributed by atoms with Crippen molar-refractivity contribution >= 4 is 46.4 Å². The van der Waals surface area contributed by atoms with Crippen LogP contribution < -0.4 is 15.5 Å². The van der Waals surface area contributed by atoms with E-state index in [4.69, 9.17) is 4.98 Å². The van der Waals surface area contributed by atoms with Crippen molar-refractivity contribution in [2.45, 2.75) is 58.0 Å². The monoisotopic (exact) mass is 506 g/mol. The van der Waals surface area contributed by atoms with Crippen LogP contribution >= 0.6 is 35.3 Å². The van der Waals surface area contributed by atoms with Crippen molar-refractivity contribution in [2.75, 3.05) is 44.7 Å². The molecule has 3 rings (SSSR count). The number of thiazole rings is 1. The number of nitrogens with zero attached hydrogens (tertiary/aromatic N) is 4. The molecule has 2 N–H and O–H groups in total. The average molecular weight is 507 g/mol. The van der Waals surface area contributed by atoms with Crippen molar-refractivity contribution < 1.29 is 0 Å². The summed E-state index contributed by atoms with van der Waals surface area (Å²) in [7, 11) is 1.85. The first-order valence-corrected chi connectivity index (χ1v) is 10.9. The lowest BCUT2D eigenvalue weighted by Crippen LogP contribution is -2.50. The summed E-state index contributed by atoms with van der Waals surface area (Å²) in [6.45, 7) is 10.1. The van der Waals surface area contributed by atoms with Crippen molar-refractivity contribution in [3.63, 3.8) is 0 Å². The van der Waals surface area contributed by atoms with Gasteiger partial charge >= 0.3 is 0 Å². The fourth-order valence-electron chi connectivity index (χ4n) is 3.72. The van der Waals surface area contributed by atoms with Gasteiger partial charge in [-0.2, -0.15) is 0 Å². The highest BCUT2D eigenvalue weighted by Crippen LogP contribution is 2.24. The molecule has 0 unspecified atom stereocenters. The number of guanidine groups is 1. The lowest BCUT2D eigenvalue weighted by molar-refractivity contribution is 0.167. The molecule has 0 spiro atoms. The zero-order valence-electron chi connectivity index (χ0n) is 16.9. The molecule has 1 aromatic heterocycles. The lowest BCUT2D eigenvalue weighted by atomic mass is 10.0. The molecule has 27 heavy (non-hydrogen) atoms. The summed E-state index contributed by atoms with van der Waals surface area (Å²) in [5.74, 6) is 0.919. The van der Waals surface area contributed by atoms with Gasteiger partial charge in [0.2, 0.25) is 0 Å². The molecule has 0 bridgehead atoms. The number of piperidine rings is 1. The van der Waals surface area contributed by atoms with Gasteiger partial charge in [0.1, 0.15) is 0 Å². The van der Waals surface area contributed by atoms with Crippen molar-refractivity contribution in [3.8, 4) is 0 Å². The second-order valence-electron chi connectivity index (χ2n) is 7.61. The molecule has 2 aliphatic heterocycles. The number of anilines is 1. The molecule has 1 aromatic rings. The van der Waals surface area contributed by atoms with E-state index < -0.39 is 0 Å². The van der Waals surface area contributed by atoms with E-state index in [1.54, 1.807) is 11.3 Å². The standard InChI is InChI=1S/C19H34N6S.HI/c1-15(2)24-12-7-16(8-13-24)22-18(20-3)21-9-6-17-14-26-19(23-17)25-10-4-5-11-25;/h14-16H,4-13H2,1-3H3,(H2,20,21,22);1H. The Balaban J connectivity index is 0.00000261. The maximum Gasteiger partial charge on any atom is 0.191 e. The number of hydrogen-bond donors (Lipinski definition) is 2. The zero-order chi connectivity index (χ0) is 18.4. The van der Waals surface area contributed by atoms with Gasteiger partial charge in [-0.05, 0) is 39.5 Å². The Morgan fingerprint density at radius 2 is 1.96 bits per heavy atom. The molecular formula is C19H35IN6S. The van der Waals surface area contributed by atoms with Gasteiger partial charge in [0.15, 0.2) is 11.1 Å². The molecule has 0 aromatic carbocycles. The first kappa shape index (κ1) is 22.7. The Bertz CT molecular complexity index is 577. The number of aliphatic imine (C=N–C) groups is 1. The van der Waals surface area contributed by atoms with Crippen LogP contribution in [0.15, 0.2) is 10.4 Å². The molecule has 0 atom stereocenters. The molecule has 2 saturated heterocycles. The third kappa shape index (κ3) is 6.74. The number of hydrogen-bond acceptors (Lipinski definition) is 5. The van der Waals surface area contributed by atoms with E-state index in [1.165, 1.54) is 49.6 Å². The van der Waals surface area contributed by atoms with Crippen molar-refractivity contribution in [1.29, 1.82) is 0 Å². The highest BCUT2D eigenvalue weighted by atomic mass is 127. The Hall–Kier alpha value is -0.610. The van der Waals surface area contributed by atoms with Crippen molar-refractivity contribution in [2.24, 2.45) is 4.99 Å². The number of aromatic nitrogens is 1. The maximum absolute atomic E-state index is 4.79. The van der Waals surface area contributed by atoms with Gasteiger partial charge in [-0.1, -0.05) is 0 Å². The van der Waals surface area contributed by atoms with Crippen molar-refractivity contribution in [3.05, 3.63) is 11.1 Å². The summed E-state index contributed by atoms with van der Waals surface area (Å²) >= 11 is 1.78. The predicted octanol–water partition coefficient (Wildman–Crippen LogP) is 2.94. The second-order valence-corrected chi connectivity index (χ2v) is 8.45. The van der Waals surface area contributed by atoms with E-state index in [9.17, 15) is 0 Å². The molecule has 0 saturated carbocycles. The van der Waals surface area contributed by atoms with Gasteiger partial charge in [0.05, 0.1) is 5.69 Å². The van der Waals surface area contributed by atoms with Crippen LogP contribution in [0.25, 0.3) is 0 Å². The maximum atomic E-state index is 4.79. The number of rotatable bonds is 6. The smallest absolute Gasteiger partial charge is 0.191 e. The summed E-state index contributed by atoms with van der Waals surface area (Å²) < 4.78 is 0. The molecule has 6 nitrogen and oxygen atoms in total. The Morgan fingerprint density at radius 1 is 1.26 bits per heavy atom. The van der Waals surface area contributed by atoms with Crippen LogP contribution in [0, 0.1) is 0 Å². The predicted molar refractivity (Wildman–Crippen MR) is 127 cm³/mol. The van der Waals surface area contributed by atoms with Crippen LogP contribution in [0.3, 0.4) is 0 Å². The van der Waals surface area contributed by atoms with E-state index in [0.717, 1.165) is 32.0 Å². The fraction of sp³-hybridized carbons (Fsp3) is 0.789. The van der Waals surface area contributed by atoms with Gasteiger partial charge < -0.3 is 20.4 Å². The number of halogens is 1. The Kier molecular flexibility index (Phi) is 9.58. The quantitative estimate of drug-likeness (QED) is 0.353. The number of likely N-dealkylation sites (tertiary alicyclic amines) is 1. The van der Waals surface area contributed by atoms with E-state index in [1.807, 2.05) is 7.05 Å². The van der Waals surface area contributed by atoms with Crippen LogP contribution in [0.4, 0.5) is 5.13 Å². The van der Waals surface area contributed by atoms with Crippen molar-refractivity contribution in [1.82, 2.24) is 20.5 Å². The molecule has 0 aliphatic carbocycles. The summed E-state index contributed by atoms with van der Waals surface area (Å²) in [5, 5.41) is 10.4. The normalized spacial score (nSPS) is 19.4. The third-order valence-corrected chi connectivity index (χ3v) is 6.36. The Labute approximate surface area is 185 Å². The van der Waals surface area contributed by atoms with Crippen LogP contribution in [0.5, 0.6) is 0 Å². The minimum Gasteiger partial charge on any atom is -0.356 e. The van der Waals surface area contributed by atoms with E-state index in [2.05, 4.69) is 44.7 Å². The highest BCUT2D eigenvalue weighted by molar-refractivity contribution is 14.0. The molecular weight excluding hydrogens is 471 g/mol. The average Bonchev–Trinajstić information content (AvgIpc) is 3.33. The minimum atomic E-state index is 0. The van der Waals surface area contributed by atoms with E-state index in [-0.39, 0.29) is 24.0 Å².